The lowest BCUT2D eigenvalue weighted by molar-refractivity contribution is -0.117. The van der Waals surface area contributed by atoms with Crippen LogP contribution in [0, 0.1) is 0 Å². The number of benzene rings is 1. The van der Waals surface area contributed by atoms with Gasteiger partial charge in [0.05, 0.1) is 18.3 Å². The molecular weight excluding hydrogens is 292 g/mol. The highest BCUT2D eigenvalue weighted by Gasteiger charge is 2.11. The Hall–Kier alpha value is -1.68. The number of halogens is 1. The van der Waals surface area contributed by atoms with E-state index in [0.717, 1.165) is 15.7 Å². The van der Waals surface area contributed by atoms with Crippen LogP contribution >= 0.6 is 15.9 Å². The van der Waals surface area contributed by atoms with Crippen molar-refractivity contribution in [1.82, 2.24) is 4.98 Å². The molecule has 0 radical (unpaired) electrons. The first kappa shape index (κ1) is 12.8. The van der Waals surface area contributed by atoms with E-state index in [4.69, 9.17) is 0 Å². The standard InChI is InChI=1S/C14H13BrN2O/c1-17(13-3-2-8-16-10-13)14(18)9-11-4-6-12(15)7-5-11/h2-8,10H,9H2,1H3. The quantitative estimate of drug-likeness (QED) is 0.873. The highest BCUT2D eigenvalue weighted by Crippen LogP contribution is 2.14. The molecule has 0 bridgehead atoms. The van der Waals surface area contributed by atoms with Crippen LogP contribution in [-0.4, -0.2) is 17.9 Å². The molecule has 0 saturated carbocycles. The van der Waals surface area contributed by atoms with Crippen LogP contribution in [0.15, 0.2) is 53.3 Å². The summed E-state index contributed by atoms with van der Waals surface area (Å²) in [6.07, 6.45) is 3.76. The lowest BCUT2D eigenvalue weighted by Gasteiger charge is -2.16. The Balaban J connectivity index is 2.06. The van der Waals surface area contributed by atoms with E-state index < -0.39 is 0 Å². The van der Waals surface area contributed by atoms with Gasteiger partial charge in [0.1, 0.15) is 0 Å². The fourth-order valence-corrected chi connectivity index (χ4v) is 1.86. The van der Waals surface area contributed by atoms with Gasteiger partial charge < -0.3 is 4.90 Å². The maximum Gasteiger partial charge on any atom is 0.231 e. The van der Waals surface area contributed by atoms with Crippen molar-refractivity contribution in [2.24, 2.45) is 0 Å². The van der Waals surface area contributed by atoms with E-state index in [9.17, 15) is 4.79 Å². The first-order valence-electron chi connectivity index (χ1n) is 5.58. The summed E-state index contributed by atoms with van der Waals surface area (Å²) in [7, 11) is 1.76. The summed E-state index contributed by atoms with van der Waals surface area (Å²) in [6, 6.07) is 11.4. The van der Waals surface area contributed by atoms with Crippen LogP contribution < -0.4 is 4.90 Å². The first-order valence-corrected chi connectivity index (χ1v) is 6.37. The van der Waals surface area contributed by atoms with E-state index >= 15 is 0 Å². The molecule has 1 aromatic carbocycles. The normalized spacial score (nSPS) is 10.1. The largest absolute Gasteiger partial charge is 0.314 e. The number of amides is 1. The Morgan fingerprint density at radius 3 is 2.61 bits per heavy atom. The van der Waals surface area contributed by atoms with Crippen LogP contribution in [0.1, 0.15) is 5.56 Å². The van der Waals surface area contributed by atoms with Gasteiger partial charge in [-0.15, -0.1) is 0 Å². The number of carbonyl (C=O) groups is 1. The lowest BCUT2D eigenvalue weighted by atomic mass is 10.1. The van der Waals surface area contributed by atoms with Gasteiger partial charge in [-0.1, -0.05) is 28.1 Å². The number of aromatic nitrogens is 1. The summed E-state index contributed by atoms with van der Waals surface area (Å²) >= 11 is 3.37. The van der Waals surface area contributed by atoms with Crippen molar-refractivity contribution in [2.75, 3.05) is 11.9 Å². The molecule has 3 nitrogen and oxygen atoms in total. The number of carbonyl (C=O) groups excluding carboxylic acids is 1. The molecule has 0 unspecified atom stereocenters. The average Bonchev–Trinajstić information content (AvgIpc) is 2.41. The van der Waals surface area contributed by atoms with E-state index in [0.29, 0.717) is 6.42 Å². The maximum absolute atomic E-state index is 12.1. The first-order chi connectivity index (χ1) is 8.66. The van der Waals surface area contributed by atoms with E-state index in [1.165, 1.54) is 0 Å². The number of pyridine rings is 1. The molecule has 0 saturated heterocycles. The van der Waals surface area contributed by atoms with Gasteiger partial charge in [0.15, 0.2) is 0 Å². The van der Waals surface area contributed by atoms with Crippen LogP contribution in [0.25, 0.3) is 0 Å². The molecule has 18 heavy (non-hydrogen) atoms. The third-order valence-electron chi connectivity index (χ3n) is 2.68. The zero-order valence-electron chi connectivity index (χ0n) is 10.0. The monoisotopic (exact) mass is 304 g/mol. The van der Waals surface area contributed by atoms with Crippen molar-refractivity contribution < 1.29 is 4.79 Å². The number of likely N-dealkylation sites (N-methyl/N-ethyl adjacent to an activating group) is 1. The number of hydrogen-bond donors (Lipinski definition) is 0. The van der Waals surface area contributed by atoms with Gasteiger partial charge in [-0.3, -0.25) is 9.78 Å². The SMILES string of the molecule is CN(C(=O)Cc1ccc(Br)cc1)c1cccnc1. The molecule has 2 rings (SSSR count). The van der Waals surface area contributed by atoms with Gasteiger partial charge in [-0.25, -0.2) is 0 Å². The summed E-state index contributed by atoms with van der Waals surface area (Å²) in [5.74, 6) is 0.0466. The Morgan fingerprint density at radius 2 is 2.00 bits per heavy atom. The molecule has 1 amide bonds. The zero-order valence-corrected chi connectivity index (χ0v) is 11.6. The maximum atomic E-state index is 12.1. The topological polar surface area (TPSA) is 33.2 Å². The van der Waals surface area contributed by atoms with Crippen molar-refractivity contribution in [1.29, 1.82) is 0 Å². The van der Waals surface area contributed by atoms with Crippen molar-refractivity contribution in [2.45, 2.75) is 6.42 Å². The van der Waals surface area contributed by atoms with Crippen molar-refractivity contribution in [3.8, 4) is 0 Å². The fourth-order valence-electron chi connectivity index (χ4n) is 1.59. The van der Waals surface area contributed by atoms with Crippen LogP contribution in [0.4, 0.5) is 5.69 Å². The van der Waals surface area contributed by atoms with Crippen LogP contribution in [-0.2, 0) is 11.2 Å². The molecule has 1 aromatic heterocycles. The minimum Gasteiger partial charge on any atom is -0.314 e. The zero-order chi connectivity index (χ0) is 13.0. The van der Waals surface area contributed by atoms with Crippen LogP contribution in [0.2, 0.25) is 0 Å². The highest BCUT2D eigenvalue weighted by atomic mass is 79.9. The second-order valence-corrected chi connectivity index (χ2v) is 4.88. The van der Waals surface area contributed by atoms with Crippen molar-refractivity contribution >= 4 is 27.5 Å². The fraction of sp³-hybridized carbons (Fsp3) is 0.143. The Kier molecular flexibility index (Phi) is 4.10. The molecule has 0 fully saturated rings. The van der Waals surface area contributed by atoms with Gasteiger partial charge in [0.2, 0.25) is 5.91 Å². The second kappa shape index (κ2) is 5.78. The molecule has 0 spiro atoms. The van der Waals surface area contributed by atoms with Gasteiger partial charge >= 0.3 is 0 Å². The highest BCUT2D eigenvalue weighted by molar-refractivity contribution is 9.10. The van der Waals surface area contributed by atoms with Gasteiger partial charge in [-0.2, -0.15) is 0 Å². The number of rotatable bonds is 3. The molecule has 0 aliphatic carbocycles. The number of hydrogen-bond acceptors (Lipinski definition) is 2. The van der Waals surface area contributed by atoms with Crippen LogP contribution in [0.3, 0.4) is 0 Å². The molecule has 1 heterocycles. The smallest absolute Gasteiger partial charge is 0.231 e. The molecule has 0 aliphatic heterocycles. The Labute approximate surface area is 115 Å². The summed E-state index contributed by atoms with van der Waals surface area (Å²) < 4.78 is 1.01. The second-order valence-electron chi connectivity index (χ2n) is 3.97. The third-order valence-corrected chi connectivity index (χ3v) is 3.20. The predicted molar refractivity (Wildman–Crippen MR) is 75.5 cm³/mol. The molecule has 2 aromatic rings. The molecule has 0 atom stereocenters. The number of anilines is 1. The average molecular weight is 305 g/mol. The lowest BCUT2D eigenvalue weighted by Crippen LogP contribution is -2.27. The van der Waals surface area contributed by atoms with Crippen LogP contribution in [0.5, 0.6) is 0 Å². The Morgan fingerprint density at radius 1 is 1.28 bits per heavy atom. The van der Waals surface area contributed by atoms with Gasteiger partial charge in [0, 0.05) is 17.7 Å². The van der Waals surface area contributed by atoms with E-state index in [-0.39, 0.29) is 5.91 Å². The molecular formula is C14H13BrN2O. The molecule has 0 aliphatic rings. The molecule has 92 valence electrons. The van der Waals surface area contributed by atoms with Crippen molar-refractivity contribution in [3.63, 3.8) is 0 Å². The van der Waals surface area contributed by atoms with Gasteiger partial charge in [0.25, 0.3) is 0 Å². The Bertz CT molecular complexity index is 525. The molecule has 4 heteroatoms. The van der Waals surface area contributed by atoms with Crippen molar-refractivity contribution in [3.05, 3.63) is 58.8 Å². The molecule has 0 N–H and O–H groups in total. The summed E-state index contributed by atoms with van der Waals surface area (Å²) in [5, 5.41) is 0. The predicted octanol–water partition coefficient (Wildman–Crippen LogP) is 3.05. The minimum absolute atomic E-state index is 0.0466. The number of nitrogens with zero attached hydrogens (tertiary/aromatic N) is 2. The summed E-state index contributed by atoms with van der Waals surface area (Å²) in [6.45, 7) is 0. The third kappa shape index (κ3) is 3.17. The summed E-state index contributed by atoms with van der Waals surface area (Å²) in [5.41, 5.74) is 1.80. The van der Waals surface area contributed by atoms with E-state index in [1.807, 2.05) is 36.4 Å². The summed E-state index contributed by atoms with van der Waals surface area (Å²) in [4.78, 5) is 17.7. The van der Waals surface area contributed by atoms with E-state index in [1.54, 1.807) is 24.3 Å². The van der Waals surface area contributed by atoms with E-state index in [2.05, 4.69) is 20.9 Å². The van der Waals surface area contributed by atoms with Gasteiger partial charge in [-0.05, 0) is 29.8 Å². The minimum atomic E-state index is 0.0466.